The molecule has 0 bridgehead atoms. The second-order valence-corrected chi connectivity index (χ2v) is 5.76. The summed E-state index contributed by atoms with van der Waals surface area (Å²) in [7, 11) is 1.34. The summed E-state index contributed by atoms with van der Waals surface area (Å²) in [5.41, 5.74) is 2.43. The highest BCUT2D eigenvalue weighted by molar-refractivity contribution is 5.97. The van der Waals surface area contributed by atoms with Gasteiger partial charge in [-0.25, -0.2) is 0 Å². The molecule has 0 fully saturated rings. The minimum atomic E-state index is -2.95. The van der Waals surface area contributed by atoms with E-state index < -0.39 is 6.61 Å². The average molecular weight is 378 g/mol. The molecule has 2 aromatic rings. The van der Waals surface area contributed by atoms with Crippen molar-refractivity contribution >= 4 is 17.5 Å². The zero-order valence-corrected chi connectivity index (χ0v) is 15.1. The molecular weight excluding hydrogens is 358 g/mol. The first-order valence-electron chi connectivity index (χ1n) is 8.08. The van der Waals surface area contributed by atoms with Crippen molar-refractivity contribution in [3.05, 3.63) is 53.1 Å². The molecule has 0 radical (unpaired) electrons. The van der Waals surface area contributed by atoms with E-state index in [1.54, 1.807) is 24.3 Å². The number of hydrogen-bond acceptors (Lipinski definition) is 4. The Kier molecular flexibility index (Phi) is 6.70. The second kappa shape index (κ2) is 8.98. The van der Waals surface area contributed by atoms with Crippen molar-refractivity contribution in [2.24, 2.45) is 0 Å². The van der Waals surface area contributed by atoms with Crippen LogP contribution in [0, 0.1) is 6.92 Å². The molecule has 0 aliphatic carbocycles. The first-order valence-corrected chi connectivity index (χ1v) is 8.08. The molecule has 144 valence electrons. The Bertz CT molecular complexity index is 840. The number of aryl methyl sites for hydroxylation is 1. The van der Waals surface area contributed by atoms with Crippen LogP contribution >= 0.6 is 0 Å². The second-order valence-electron chi connectivity index (χ2n) is 5.76. The molecule has 0 atom stereocenters. The predicted molar refractivity (Wildman–Crippen MR) is 96.3 cm³/mol. The van der Waals surface area contributed by atoms with Crippen LogP contribution in [0.2, 0.25) is 0 Å². The van der Waals surface area contributed by atoms with Crippen molar-refractivity contribution in [3.63, 3.8) is 0 Å². The van der Waals surface area contributed by atoms with Crippen molar-refractivity contribution in [3.8, 4) is 11.5 Å². The third-order valence-electron chi connectivity index (χ3n) is 3.71. The molecule has 2 aromatic carbocycles. The maximum atomic E-state index is 12.4. The fourth-order valence-electron chi connectivity index (χ4n) is 2.39. The molecule has 0 heterocycles. The van der Waals surface area contributed by atoms with Crippen LogP contribution in [0.4, 0.5) is 14.5 Å². The minimum absolute atomic E-state index is 0.0824. The Morgan fingerprint density at radius 1 is 1.11 bits per heavy atom. The smallest absolute Gasteiger partial charge is 0.387 e. The molecular formula is C19H20F2N2O4. The first kappa shape index (κ1) is 20.2. The standard InChI is InChI=1S/C19H20F2N2O4/c1-11-4-6-14(9-15(11)23-12(2)24)18(25)22-10-13-5-7-16(27-19(20)21)17(8-13)26-3/h4-9,19H,10H2,1-3H3,(H,22,25)(H,23,24). The lowest BCUT2D eigenvalue weighted by Crippen LogP contribution is -2.23. The van der Waals surface area contributed by atoms with Gasteiger partial charge in [0.25, 0.3) is 5.91 Å². The average Bonchev–Trinajstić information content (AvgIpc) is 2.61. The van der Waals surface area contributed by atoms with E-state index in [-0.39, 0.29) is 29.9 Å². The summed E-state index contributed by atoms with van der Waals surface area (Å²) < 4.78 is 34.1. The lowest BCUT2D eigenvalue weighted by Gasteiger charge is -2.12. The summed E-state index contributed by atoms with van der Waals surface area (Å²) in [6.07, 6.45) is 0. The van der Waals surface area contributed by atoms with Gasteiger partial charge >= 0.3 is 6.61 Å². The molecule has 2 rings (SSSR count). The largest absolute Gasteiger partial charge is 0.493 e. The Hall–Kier alpha value is -3.16. The van der Waals surface area contributed by atoms with Crippen LogP contribution in [0.1, 0.15) is 28.4 Å². The zero-order valence-electron chi connectivity index (χ0n) is 15.1. The summed E-state index contributed by atoms with van der Waals surface area (Å²) >= 11 is 0. The maximum Gasteiger partial charge on any atom is 0.387 e. The third-order valence-corrected chi connectivity index (χ3v) is 3.71. The van der Waals surface area contributed by atoms with Gasteiger partial charge in [-0.2, -0.15) is 8.78 Å². The van der Waals surface area contributed by atoms with E-state index in [1.165, 1.54) is 26.2 Å². The van der Waals surface area contributed by atoms with Crippen LogP contribution in [0.25, 0.3) is 0 Å². The summed E-state index contributed by atoms with van der Waals surface area (Å²) in [5, 5.41) is 5.40. The lowest BCUT2D eigenvalue weighted by molar-refractivity contribution is -0.114. The monoisotopic (exact) mass is 378 g/mol. The first-order chi connectivity index (χ1) is 12.8. The van der Waals surface area contributed by atoms with Gasteiger partial charge in [-0.05, 0) is 42.3 Å². The van der Waals surface area contributed by atoms with Gasteiger partial charge in [0.1, 0.15) is 0 Å². The number of nitrogens with one attached hydrogen (secondary N) is 2. The number of amides is 2. The summed E-state index contributed by atoms with van der Waals surface area (Å²) in [5.74, 6) is -0.506. The van der Waals surface area contributed by atoms with Gasteiger partial charge in [-0.3, -0.25) is 9.59 Å². The quantitative estimate of drug-likeness (QED) is 0.773. The molecule has 2 N–H and O–H groups in total. The molecule has 0 unspecified atom stereocenters. The summed E-state index contributed by atoms with van der Waals surface area (Å²) in [4.78, 5) is 23.6. The molecule has 0 aliphatic heterocycles. The van der Waals surface area contributed by atoms with E-state index in [0.717, 1.165) is 5.56 Å². The molecule has 27 heavy (non-hydrogen) atoms. The molecule has 0 saturated heterocycles. The van der Waals surface area contributed by atoms with Crippen LogP contribution in [-0.2, 0) is 11.3 Å². The van der Waals surface area contributed by atoms with Crippen molar-refractivity contribution in [2.75, 3.05) is 12.4 Å². The molecule has 2 amide bonds. The number of benzene rings is 2. The van der Waals surface area contributed by atoms with E-state index >= 15 is 0 Å². The number of hydrogen-bond donors (Lipinski definition) is 2. The molecule has 6 nitrogen and oxygen atoms in total. The van der Waals surface area contributed by atoms with Gasteiger partial charge in [0, 0.05) is 24.7 Å². The van der Waals surface area contributed by atoms with Crippen LogP contribution in [0.3, 0.4) is 0 Å². The van der Waals surface area contributed by atoms with Crippen LogP contribution in [0.15, 0.2) is 36.4 Å². The summed E-state index contributed by atoms with van der Waals surface area (Å²) in [6, 6.07) is 9.39. The number of alkyl halides is 2. The predicted octanol–water partition coefficient (Wildman–Crippen LogP) is 3.49. The Balaban J connectivity index is 2.08. The molecule has 0 saturated carbocycles. The summed E-state index contributed by atoms with van der Waals surface area (Å²) in [6.45, 7) is 0.417. The highest BCUT2D eigenvalue weighted by Gasteiger charge is 2.12. The van der Waals surface area contributed by atoms with Crippen LogP contribution < -0.4 is 20.1 Å². The van der Waals surface area contributed by atoms with Crippen molar-refractivity contribution in [1.29, 1.82) is 0 Å². The Labute approximate surface area is 155 Å². The van der Waals surface area contributed by atoms with Gasteiger partial charge in [-0.1, -0.05) is 12.1 Å². The lowest BCUT2D eigenvalue weighted by atomic mass is 10.1. The van der Waals surface area contributed by atoms with Gasteiger partial charge in [-0.15, -0.1) is 0 Å². The minimum Gasteiger partial charge on any atom is -0.493 e. The van der Waals surface area contributed by atoms with Gasteiger partial charge in [0.15, 0.2) is 11.5 Å². The third kappa shape index (κ3) is 5.67. The van der Waals surface area contributed by atoms with Crippen LogP contribution in [-0.4, -0.2) is 25.5 Å². The van der Waals surface area contributed by atoms with Gasteiger partial charge in [0.2, 0.25) is 5.91 Å². The molecule has 0 aromatic heterocycles. The highest BCUT2D eigenvalue weighted by Crippen LogP contribution is 2.29. The van der Waals surface area contributed by atoms with Gasteiger partial charge < -0.3 is 20.1 Å². The number of ether oxygens (including phenoxy) is 2. The zero-order chi connectivity index (χ0) is 20.0. The molecule has 0 spiro atoms. The normalized spacial score (nSPS) is 10.4. The maximum absolute atomic E-state index is 12.4. The van der Waals surface area contributed by atoms with E-state index in [2.05, 4.69) is 15.4 Å². The Morgan fingerprint density at radius 2 is 1.85 bits per heavy atom. The van der Waals surface area contributed by atoms with E-state index in [9.17, 15) is 18.4 Å². The number of methoxy groups -OCH3 is 1. The number of anilines is 1. The number of carbonyl (C=O) groups excluding carboxylic acids is 2. The number of rotatable bonds is 7. The van der Waals surface area contributed by atoms with Crippen LogP contribution in [0.5, 0.6) is 11.5 Å². The topological polar surface area (TPSA) is 76.7 Å². The van der Waals surface area contributed by atoms with Crippen molar-refractivity contribution in [1.82, 2.24) is 5.32 Å². The molecule has 0 aliphatic rings. The number of carbonyl (C=O) groups is 2. The SMILES string of the molecule is COc1cc(CNC(=O)c2ccc(C)c(NC(C)=O)c2)ccc1OC(F)F. The fraction of sp³-hybridized carbons (Fsp3) is 0.263. The number of halogens is 2. The Morgan fingerprint density at radius 3 is 2.48 bits per heavy atom. The van der Waals surface area contributed by atoms with Gasteiger partial charge in [0.05, 0.1) is 7.11 Å². The molecule has 8 heteroatoms. The highest BCUT2D eigenvalue weighted by atomic mass is 19.3. The van der Waals surface area contributed by atoms with E-state index in [4.69, 9.17) is 4.74 Å². The van der Waals surface area contributed by atoms with E-state index in [1.807, 2.05) is 6.92 Å². The van der Waals surface area contributed by atoms with Crippen molar-refractivity contribution in [2.45, 2.75) is 27.0 Å². The van der Waals surface area contributed by atoms with Crippen molar-refractivity contribution < 1.29 is 27.8 Å². The van der Waals surface area contributed by atoms with E-state index in [0.29, 0.717) is 16.8 Å². The fourth-order valence-corrected chi connectivity index (χ4v) is 2.39.